The summed E-state index contributed by atoms with van der Waals surface area (Å²) in [6, 6.07) is 0. The minimum atomic E-state index is -0.882. The first-order valence-corrected chi connectivity index (χ1v) is 11.4. The molecule has 0 amide bonds. The van der Waals surface area contributed by atoms with E-state index in [1.807, 2.05) is 0 Å². The molecule has 0 heterocycles. The Balaban J connectivity index is 2.61. The summed E-state index contributed by atoms with van der Waals surface area (Å²) in [5.74, 6) is -1.24. The highest BCUT2D eigenvalue weighted by Crippen LogP contribution is 2.38. The van der Waals surface area contributed by atoms with Crippen LogP contribution < -0.4 is 0 Å². The first kappa shape index (κ1) is 24.0. The second kappa shape index (κ2) is 14.1. The van der Waals surface area contributed by atoms with Crippen molar-refractivity contribution in [3.05, 3.63) is 11.6 Å². The molecule has 1 aliphatic carbocycles. The summed E-state index contributed by atoms with van der Waals surface area (Å²) in [7, 11) is 0. The third-order valence-corrected chi connectivity index (χ3v) is 6.39. The average molecular weight is 401 g/mol. The van der Waals surface area contributed by atoms with E-state index in [0.29, 0.717) is 13.0 Å². The summed E-state index contributed by atoms with van der Waals surface area (Å²) in [5, 5.41) is 19.6. The fraction of sp³-hybridized carbons (Fsp3) is 0.810. The van der Waals surface area contributed by atoms with Crippen LogP contribution in [0.5, 0.6) is 0 Å². The van der Waals surface area contributed by atoms with Gasteiger partial charge in [0.05, 0.1) is 30.1 Å². The van der Waals surface area contributed by atoms with Gasteiger partial charge in [0.15, 0.2) is 0 Å². The summed E-state index contributed by atoms with van der Waals surface area (Å²) < 4.78 is 4.99. The van der Waals surface area contributed by atoms with Gasteiger partial charge in [0, 0.05) is 0 Å². The molecule has 1 aliphatic rings. The van der Waals surface area contributed by atoms with Gasteiger partial charge >= 0.3 is 11.9 Å². The van der Waals surface area contributed by atoms with Gasteiger partial charge < -0.3 is 14.9 Å². The molecule has 0 aromatic rings. The molecule has 2 N–H and O–H groups in total. The smallest absolute Gasteiger partial charge is 0.315 e. The molecule has 6 heteroatoms. The summed E-state index contributed by atoms with van der Waals surface area (Å²) in [6.45, 7) is 4.33. The maximum atomic E-state index is 11.7. The number of aliphatic carboxylic acids is 1. The molecular formula is C21H36O5S. The van der Waals surface area contributed by atoms with Gasteiger partial charge in [-0.1, -0.05) is 50.7 Å². The van der Waals surface area contributed by atoms with Crippen molar-refractivity contribution in [1.82, 2.24) is 0 Å². The van der Waals surface area contributed by atoms with Crippen molar-refractivity contribution < 1.29 is 24.5 Å². The number of esters is 1. The highest BCUT2D eigenvalue weighted by atomic mass is 32.2. The molecule has 0 radical (unpaired) electrons. The molecule has 0 aromatic carbocycles. The number of carboxylic acids is 1. The minimum Gasteiger partial charge on any atom is -0.481 e. The molecular weight excluding hydrogens is 364 g/mol. The van der Waals surface area contributed by atoms with Crippen LogP contribution in [0.2, 0.25) is 0 Å². The average Bonchev–Trinajstić information content (AvgIpc) is 2.62. The molecule has 27 heavy (non-hydrogen) atoms. The molecule has 0 saturated heterocycles. The molecule has 3 atom stereocenters. The monoisotopic (exact) mass is 400 g/mol. The molecule has 156 valence electrons. The van der Waals surface area contributed by atoms with Crippen molar-refractivity contribution in [3.8, 4) is 0 Å². The van der Waals surface area contributed by atoms with Crippen LogP contribution in [-0.2, 0) is 14.3 Å². The van der Waals surface area contributed by atoms with Crippen LogP contribution in [0, 0.1) is 5.92 Å². The normalized spacial score (nSPS) is 24.1. The first-order valence-electron chi connectivity index (χ1n) is 10.4. The Morgan fingerprint density at radius 3 is 2.56 bits per heavy atom. The lowest BCUT2D eigenvalue weighted by molar-refractivity contribution is -0.140. The largest absolute Gasteiger partial charge is 0.481 e. The standard InChI is InChI=1S/C21H36O5S/c1-3-5-6-7-8-9-10-11-16-12-13-17(14-18(22)23)20(25)21(16)27-15-19(24)26-4-2/h11,17,20-21,25H,3-10,12-15H2,1-2H3,(H,22,23). The molecule has 5 nitrogen and oxygen atoms in total. The number of ether oxygens (including phenoxy) is 1. The zero-order chi connectivity index (χ0) is 20.1. The van der Waals surface area contributed by atoms with Gasteiger partial charge in [-0.15, -0.1) is 11.8 Å². The second-order valence-corrected chi connectivity index (χ2v) is 8.39. The van der Waals surface area contributed by atoms with E-state index < -0.39 is 12.1 Å². The zero-order valence-corrected chi connectivity index (χ0v) is 17.6. The number of aliphatic hydroxyl groups excluding tert-OH is 1. The van der Waals surface area contributed by atoms with Crippen LogP contribution in [0.4, 0.5) is 0 Å². The van der Waals surface area contributed by atoms with Crippen molar-refractivity contribution in [1.29, 1.82) is 0 Å². The van der Waals surface area contributed by atoms with E-state index in [1.54, 1.807) is 6.92 Å². The van der Waals surface area contributed by atoms with Gasteiger partial charge in [-0.05, 0) is 38.5 Å². The third-order valence-electron chi connectivity index (χ3n) is 5.05. The Bertz CT molecular complexity index is 477. The van der Waals surface area contributed by atoms with Gasteiger partial charge in [0.25, 0.3) is 0 Å². The van der Waals surface area contributed by atoms with Gasteiger partial charge in [-0.25, -0.2) is 0 Å². The zero-order valence-electron chi connectivity index (χ0n) is 16.8. The van der Waals surface area contributed by atoms with Crippen molar-refractivity contribution in [2.45, 2.75) is 89.4 Å². The number of hydrogen-bond donors (Lipinski definition) is 2. The number of unbranched alkanes of at least 4 members (excludes halogenated alkanes) is 6. The van der Waals surface area contributed by atoms with Crippen molar-refractivity contribution in [2.75, 3.05) is 12.4 Å². The Hall–Kier alpha value is -1.01. The number of hydrogen-bond acceptors (Lipinski definition) is 5. The lowest BCUT2D eigenvalue weighted by Crippen LogP contribution is -2.39. The van der Waals surface area contributed by atoms with Crippen molar-refractivity contribution in [2.24, 2.45) is 5.92 Å². The predicted molar refractivity (Wildman–Crippen MR) is 110 cm³/mol. The number of allylic oxidation sites excluding steroid dienone is 1. The van der Waals surface area contributed by atoms with Crippen LogP contribution in [0.1, 0.15) is 78.1 Å². The molecule has 1 saturated carbocycles. The van der Waals surface area contributed by atoms with Gasteiger partial charge in [-0.3, -0.25) is 9.59 Å². The number of carbonyl (C=O) groups excluding carboxylic acids is 1. The van der Waals surface area contributed by atoms with E-state index in [4.69, 9.17) is 9.84 Å². The number of carbonyl (C=O) groups is 2. The van der Waals surface area contributed by atoms with Crippen LogP contribution >= 0.6 is 11.8 Å². The third kappa shape index (κ3) is 9.65. The van der Waals surface area contributed by atoms with Crippen LogP contribution in [0.3, 0.4) is 0 Å². The van der Waals surface area contributed by atoms with E-state index >= 15 is 0 Å². The van der Waals surface area contributed by atoms with Crippen molar-refractivity contribution in [3.63, 3.8) is 0 Å². The van der Waals surface area contributed by atoms with E-state index in [0.717, 1.165) is 24.8 Å². The fourth-order valence-electron chi connectivity index (χ4n) is 3.58. The van der Waals surface area contributed by atoms with Crippen LogP contribution in [0.15, 0.2) is 11.6 Å². The van der Waals surface area contributed by atoms with E-state index in [2.05, 4.69) is 13.0 Å². The lowest BCUT2D eigenvalue weighted by atomic mass is 9.80. The summed E-state index contributed by atoms with van der Waals surface area (Å²) in [5.41, 5.74) is 1.16. The van der Waals surface area contributed by atoms with Gasteiger partial charge in [-0.2, -0.15) is 0 Å². The lowest BCUT2D eigenvalue weighted by Gasteiger charge is -2.36. The van der Waals surface area contributed by atoms with Gasteiger partial charge in [0.1, 0.15) is 0 Å². The van der Waals surface area contributed by atoms with E-state index in [1.165, 1.54) is 43.9 Å². The number of rotatable bonds is 13. The summed E-state index contributed by atoms with van der Waals surface area (Å²) in [6.07, 6.45) is 11.4. The highest BCUT2D eigenvalue weighted by molar-refractivity contribution is 8.00. The quantitative estimate of drug-likeness (QED) is 0.268. The molecule has 1 fully saturated rings. The number of thioether (sulfide) groups is 1. The SMILES string of the molecule is CCCCCCCCC=C1CCC(CC(=O)O)C(O)C1SCC(=O)OCC. The maximum Gasteiger partial charge on any atom is 0.315 e. The molecule has 0 aliphatic heterocycles. The van der Waals surface area contributed by atoms with Crippen LogP contribution in [-0.4, -0.2) is 45.9 Å². The molecule has 0 aromatic heterocycles. The Kier molecular flexibility index (Phi) is 12.5. The first-order chi connectivity index (χ1) is 13.0. The summed E-state index contributed by atoms with van der Waals surface area (Å²) >= 11 is 1.38. The Morgan fingerprint density at radius 1 is 1.19 bits per heavy atom. The van der Waals surface area contributed by atoms with Crippen LogP contribution in [0.25, 0.3) is 0 Å². The topological polar surface area (TPSA) is 83.8 Å². The highest BCUT2D eigenvalue weighted by Gasteiger charge is 2.36. The maximum absolute atomic E-state index is 11.7. The Morgan fingerprint density at radius 2 is 1.89 bits per heavy atom. The van der Waals surface area contributed by atoms with Crippen molar-refractivity contribution >= 4 is 23.7 Å². The molecule has 1 rings (SSSR count). The fourth-order valence-corrected chi connectivity index (χ4v) is 4.82. The summed E-state index contributed by atoms with van der Waals surface area (Å²) in [4.78, 5) is 22.8. The predicted octanol–water partition coefficient (Wildman–Crippen LogP) is 4.57. The van der Waals surface area contributed by atoms with E-state index in [9.17, 15) is 14.7 Å². The molecule has 0 spiro atoms. The van der Waals surface area contributed by atoms with Gasteiger partial charge in [0.2, 0.25) is 0 Å². The second-order valence-electron chi connectivity index (χ2n) is 7.26. The Labute approximate surface area is 167 Å². The molecule has 3 unspecified atom stereocenters. The number of carboxylic acid groups (broad SMARTS) is 1. The molecule has 0 bridgehead atoms. The minimum absolute atomic E-state index is 0.0255. The van der Waals surface area contributed by atoms with E-state index in [-0.39, 0.29) is 29.3 Å². The number of aliphatic hydroxyl groups is 1.